The molecule has 0 saturated carbocycles. The summed E-state index contributed by atoms with van der Waals surface area (Å²) in [5, 5.41) is 0. The number of unbranched alkanes of at least 4 members (excludes halogenated alkanes) is 4. The van der Waals surface area contributed by atoms with Gasteiger partial charge in [-0.3, -0.25) is 57.5 Å². The maximum absolute atomic E-state index is 16.0. The summed E-state index contributed by atoms with van der Waals surface area (Å²) in [6.07, 6.45) is 3.40. The predicted octanol–water partition coefficient (Wildman–Crippen LogP) is 9.99. The lowest BCUT2D eigenvalue weighted by Crippen LogP contribution is -2.53. The van der Waals surface area contributed by atoms with Gasteiger partial charge in [-0.1, -0.05) is 212 Å². The number of hydrogen-bond donors (Lipinski definition) is 4. The molecule has 0 unspecified atom stereocenters. The minimum Gasteiger partial charge on any atom is -0.332 e. The highest BCUT2D eigenvalue weighted by Crippen LogP contribution is 2.30. The van der Waals surface area contributed by atoms with Gasteiger partial charge in [0.25, 0.3) is 0 Å². The molecule has 27 nitrogen and oxygen atoms in total. The van der Waals surface area contributed by atoms with Crippen molar-refractivity contribution in [1.82, 2.24) is 53.9 Å². The van der Waals surface area contributed by atoms with Crippen LogP contribution in [-0.2, 0) is 57.5 Å². The minimum atomic E-state index is -0.840. The summed E-state index contributed by atoms with van der Waals surface area (Å²) in [4.78, 5) is 196. The standard InChI is InChI=1S/C97H131N15O12/c1-72(113)61-107(74(3)82-41-19-11-20-42-82)96(123)70-111(78(7)86-49-27-15-28-50-86)94(121)64-104(59-37-33-55-100)90(117)68-109(76(5)84-45-23-13-24-46-84)93(120)63-103(58-36-32-54-99)91(118)69-110(77(6)85-47-25-14-26-48-85)97(124)71-112(79(8)87-51-29-16-30-52-87)95(122)65-105(60-38-34-56-101)89(116)67-108(75(4)83-43-21-12-22-44-83)92(119)62-102(57-35-31-53-98)88(115)66-106(80(9)114)73(2)81-39-17-10-18-40-81/h10-30,39-52,73-79H,31-38,53-71,98-101H2,1-9H3/t73-,74-,75-,76-,77-,78-,79-/m0/s1. The molecule has 0 aliphatic carbocycles. The van der Waals surface area contributed by atoms with Crippen LogP contribution >= 0.6 is 0 Å². The normalized spacial score (nSPS) is 12.8. The number of rotatable bonds is 52. The summed E-state index contributed by atoms with van der Waals surface area (Å²) in [6.45, 7) is 11.0. The van der Waals surface area contributed by atoms with E-state index >= 15 is 38.4 Å². The zero-order chi connectivity index (χ0) is 90.2. The van der Waals surface area contributed by atoms with Crippen LogP contribution in [-0.4, -0.2) is 249 Å². The van der Waals surface area contributed by atoms with Crippen LogP contribution in [0, 0.1) is 0 Å². The molecule has 27 heteroatoms. The maximum Gasteiger partial charge on any atom is 0.243 e. The summed E-state index contributed by atoms with van der Waals surface area (Å²) in [6, 6.07) is 58.9. The molecule has 0 bridgehead atoms. The summed E-state index contributed by atoms with van der Waals surface area (Å²) >= 11 is 0. The van der Waals surface area contributed by atoms with Crippen LogP contribution in [0.2, 0.25) is 0 Å². The number of carbonyl (C=O) groups excluding carboxylic acids is 12. The van der Waals surface area contributed by atoms with Gasteiger partial charge >= 0.3 is 0 Å². The van der Waals surface area contributed by atoms with Gasteiger partial charge in [0.1, 0.15) is 45.1 Å². The molecule has 7 atom stereocenters. The Morgan fingerprint density at radius 3 is 0.532 bits per heavy atom. The molecular weight excluding hydrogens is 1570 g/mol. The monoisotopic (exact) mass is 1700 g/mol. The van der Waals surface area contributed by atoms with E-state index in [4.69, 9.17) is 22.9 Å². The molecule has 7 aromatic rings. The first-order valence-electron chi connectivity index (χ1n) is 43.4. The second-order valence-corrected chi connectivity index (χ2v) is 31.8. The number of benzene rings is 7. The van der Waals surface area contributed by atoms with E-state index in [-0.39, 0.29) is 70.6 Å². The molecule has 0 aliphatic rings. The molecule has 0 aromatic heterocycles. The molecule has 0 radical (unpaired) electrons. The van der Waals surface area contributed by atoms with Crippen molar-refractivity contribution in [2.45, 2.75) is 156 Å². The molecule has 0 saturated heterocycles. The summed E-state index contributed by atoms with van der Waals surface area (Å²) in [5.41, 5.74) is 29.1. The van der Waals surface area contributed by atoms with Crippen molar-refractivity contribution in [1.29, 1.82) is 0 Å². The molecule has 124 heavy (non-hydrogen) atoms. The molecule has 0 aliphatic heterocycles. The van der Waals surface area contributed by atoms with Gasteiger partial charge in [-0.05, 0) is 172 Å². The second-order valence-electron chi connectivity index (χ2n) is 31.8. The number of carbonyl (C=O) groups is 12. The van der Waals surface area contributed by atoms with E-state index in [1.54, 1.807) is 71.0 Å². The number of hydrogen-bond acceptors (Lipinski definition) is 16. The fourth-order valence-electron chi connectivity index (χ4n) is 15.2. The molecule has 0 heterocycles. The summed E-state index contributed by atoms with van der Waals surface area (Å²) in [5.74, 6) is -6.58. The first kappa shape index (κ1) is 99.3. The Balaban J connectivity index is 1.21. The van der Waals surface area contributed by atoms with Gasteiger partial charge < -0.3 is 76.8 Å². The Bertz CT molecular complexity index is 4510. The highest BCUT2D eigenvalue weighted by Gasteiger charge is 2.38. The number of Topliss-reactive ketones (excluding diaryl/α,β-unsaturated/α-hetero) is 1. The lowest BCUT2D eigenvalue weighted by molar-refractivity contribution is -0.151. The van der Waals surface area contributed by atoms with Crippen LogP contribution in [0.4, 0.5) is 0 Å². The van der Waals surface area contributed by atoms with Crippen molar-refractivity contribution in [3.05, 3.63) is 251 Å². The Morgan fingerprint density at radius 1 is 0.210 bits per heavy atom. The fourth-order valence-corrected chi connectivity index (χ4v) is 15.2. The number of amides is 11. The average Bonchev–Trinajstić information content (AvgIpc) is 0.821. The van der Waals surface area contributed by atoms with Crippen molar-refractivity contribution in [3.8, 4) is 0 Å². The van der Waals surface area contributed by atoms with E-state index in [2.05, 4.69) is 0 Å². The molecule has 0 spiro atoms. The van der Waals surface area contributed by atoms with Crippen molar-refractivity contribution in [3.63, 3.8) is 0 Å². The fraction of sp³-hybridized carbons (Fsp3) is 0.443. The third kappa shape index (κ3) is 30.3. The third-order valence-electron chi connectivity index (χ3n) is 23.0. The van der Waals surface area contributed by atoms with Gasteiger partial charge in [-0.25, -0.2) is 0 Å². The molecule has 666 valence electrons. The first-order valence-corrected chi connectivity index (χ1v) is 43.4. The minimum absolute atomic E-state index is 0.0107. The molecule has 7 aromatic carbocycles. The van der Waals surface area contributed by atoms with Gasteiger partial charge in [-0.15, -0.1) is 0 Å². The van der Waals surface area contributed by atoms with E-state index in [9.17, 15) is 19.2 Å². The van der Waals surface area contributed by atoms with Gasteiger partial charge in [0, 0.05) is 33.1 Å². The zero-order valence-corrected chi connectivity index (χ0v) is 74.0. The zero-order valence-electron chi connectivity index (χ0n) is 74.0. The van der Waals surface area contributed by atoms with Crippen LogP contribution in [0.1, 0.15) is 195 Å². The van der Waals surface area contributed by atoms with E-state index < -0.39 is 160 Å². The Kier molecular flexibility index (Phi) is 41.6. The summed E-state index contributed by atoms with van der Waals surface area (Å²) < 4.78 is 0. The van der Waals surface area contributed by atoms with Crippen molar-refractivity contribution in [2.24, 2.45) is 22.9 Å². The molecule has 0 fully saturated rings. The largest absolute Gasteiger partial charge is 0.332 e. The Hall–Kier alpha value is -11.8. The average molecular weight is 1700 g/mol. The van der Waals surface area contributed by atoms with Crippen LogP contribution < -0.4 is 22.9 Å². The van der Waals surface area contributed by atoms with Crippen molar-refractivity contribution < 1.29 is 57.5 Å². The molecular formula is C97H131N15O12. The van der Waals surface area contributed by atoms with Gasteiger partial charge in [0.2, 0.25) is 65.0 Å². The Morgan fingerprint density at radius 2 is 0.363 bits per heavy atom. The van der Waals surface area contributed by atoms with E-state index in [0.29, 0.717) is 85.7 Å². The summed E-state index contributed by atoms with van der Waals surface area (Å²) in [7, 11) is 0. The lowest BCUT2D eigenvalue weighted by Gasteiger charge is -2.37. The second kappa shape index (κ2) is 52.0. The van der Waals surface area contributed by atoms with E-state index in [1.165, 1.54) is 67.7 Å². The quantitative estimate of drug-likeness (QED) is 0.0258. The van der Waals surface area contributed by atoms with Crippen LogP contribution in [0.25, 0.3) is 0 Å². The SMILES string of the molecule is CC(=O)CN(C(=O)CN(C(=O)CN(CCCCN)C(=O)CN(C(=O)CN(CCCCN)C(=O)CN(C(=O)CN(C(=O)CN(CCCCN)C(=O)CN(C(=O)CN(CCCCN)C(=O)CN(C(C)=O)[C@@H](C)c1ccccc1)[C@@H](C)c1ccccc1)[C@@H](C)c1ccccc1)[C@@H](C)c1ccccc1)[C@@H](C)c1ccccc1)[C@@H](C)c1ccccc1)[C@@H](C)c1ccccc1. The first-order chi connectivity index (χ1) is 59.6. The highest BCUT2D eigenvalue weighted by molar-refractivity contribution is 5.96. The number of ketones is 1. The third-order valence-corrected chi connectivity index (χ3v) is 23.0. The van der Waals surface area contributed by atoms with E-state index in [1.807, 2.05) is 190 Å². The van der Waals surface area contributed by atoms with Crippen LogP contribution in [0.5, 0.6) is 0 Å². The van der Waals surface area contributed by atoms with Crippen LogP contribution in [0.3, 0.4) is 0 Å². The number of nitrogens with zero attached hydrogens (tertiary/aromatic N) is 11. The van der Waals surface area contributed by atoms with Gasteiger partial charge in [-0.2, -0.15) is 0 Å². The van der Waals surface area contributed by atoms with Crippen molar-refractivity contribution >= 4 is 70.8 Å². The Labute approximate surface area is 733 Å². The van der Waals surface area contributed by atoms with Gasteiger partial charge in [0.05, 0.1) is 75.0 Å². The molecule has 8 N–H and O–H groups in total. The molecule has 7 rings (SSSR count). The predicted molar refractivity (Wildman–Crippen MR) is 482 cm³/mol. The topological polar surface area (TPSA) is 345 Å². The van der Waals surface area contributed by atoms with E-state index in [0.717, 1.165) is 11.1 Å². The van der Waals surface area contributed by atoms with Crippen molar-refractivity contribution in [2.75, 3.05) is 124 Å². The van der Waals surface area contributed by atoms with Crippen LogP contribution in [0.15, 0.2) is 212 Å². The maximum atomic E-state index is 16.0. The number of nitrogens with two attached hydrogens (primary N) is 4. The smallest absolute Gasteiger partial charge is 0.243 e. The molecule has 11 amide bonds. The lowest BCUT2D eigenvalue weighted by atomic mass is 10.0. The highest BCUT2D eigenvalue weighted by atomic mass is 16.2. The van der Waals surface area contributed by atoms with Gasteiger partial charge in [0.15, 0.2) is 0 Å².